The standard InChI is InChI=1S/C12H10ClN5OS/c1-5(10(14)19)20-12-16-11-9(17-18-12)7-4-6(13)2-3-8(7)15-11/h2-5H,1H3,(H2,14,19)(H,15,16,18)/t5-/m0/s1. The number of nitrogens with two attached hydrogens (primary N) is 1. The van der Waals surface area contributed by atoms with E-state index >= 15 is 0 Å². The number of carbonyl (C=O) groups is 1. The maximum atomic E-state index is 11.0. The summed E-state index contributed by atoms with van der Waals surface area (Å²) in [5, 5.41) is 9.65. The molecule has 8 heteroatoms. The molecule has 0 bridgehead atoms. The number of benzene rings is 1. The van der Waals surface area contributed by atoms with Crippen molar-refractivity contribution in [1.29, 1.82) is 0 Å². The van der Waals surface area contributed by atoms with Crippen LogP contribution in [0.1, 0.15) is 6.92 Å². The molecule has 3 rings (SSSR count). The van der Waals surface area contributed by atoms with E-state index in [9.17, 15) is 4.79 Å². The van der Waals surface area contributed by atoms with Crippen LogP contribution in [0.15, 0.2) is 23.4 Å². The molecule has 0 fully saturated rings. The predicted octanol–water partition coefficient (Wildman–Crippen LogP) is 2.13. The monoisotopic (exact) mass is 307 g/mol. The highest BCUT2D eigenvalue weighted by molar-refractivity contribution is 8.00. The molecule has 1 aromatic carbocycles. The Balaban J connectivity index is 2.08. The van der Waals surface area contributed by atoms with Crippen LogP contribution in [0.25, 0.3) is 22.1 Å². The number of nitrogens with one attached hydrogen (secondary N) is 1. The molecule has 0 saturated carbocycles. The molecule has 0 unspecified atom stereocenters. The molecule has 0 aliphatic carbocycles. The Morgan fingerprint density at radius 1 is 1.45 bits per heavy atom. The molecule has 6 nitrogen and oxygen atoms in total. The summed E-state index contributed by atoms with van der Waals surface area (Å²) in [5.41, 5.74) is 7.36. The van der Waals surface area contributed by atoms with Gasteiger partial charge in [-0.3, -0.25) is 4.79 Å². The van der Waals surface area contributed by atoms with Crippen molar-refractivity contribution in [3.63, 3.8) is 0 Å². The number of hydrogen-bond donors (Lipinski definition) is 2. The molecular formula is C12H10ClN5OS. The van der Waals surface area contributed by atoms with Crippen LogP contribution in [-0.4, -0.2) is 31.3 Å². The van der Waals surface area contributed by atoms with Crippen LogP contribution in [0.4, 0.5) is 0 Å². The number of nitrogens with zero attached hydrogens (tertiary/aromatic N) is 3. The lowest BCUT2D eigenvalue weighted by molar-refractivity contribution is -0.117. The number of fused-ring (bicyclic) bond motifs is 3. The minimum absolute atomic E-state index is 0.404. The molecule has 3 aromatic rings. The molecule has 20 heavy (non-hydrogen) atoms. The molecule has 0 saturated heterocycles. The number of aromatic amines is 1. The van der Waals surface area contributed by atoms with Gasteiger partial charge in [-0.15, -0.1) is 10.2 Å². The molecule has 1 amide bonds. The number of primary amides is 1. The van der Waals surface area contributed by atoms with E-state index in [-0.39, 0.29) is 0 Å². The Morgan fingerprint density at radius 3 is 3.00 bits per heavy atom. The fourth-order valence-corrected chi connectivity index (χ4v) is 2.63. The minimum atomic E-state index is -0.415. The lowest BCUT2D eigenvalue weighted by atomic mass is 10.2. The van der Waals surface area contributed by atoms with Gasteiger partial charge in [-0.05, 0) is 25.1 Å². The number of amides is 1. The number of hydrogen-bond acceptors (Lipinski definition) is 5. The van der Waals surface area contributed by atoms with Crippen LogP contribution in [0, 0.1) is 0 Å². The Bertz CT molecular complexity index is 818. The highest BCUT2D eigenvalue weighted by Crippen LogP contribution is 2.26. The van der Waals surface area contributed by atoms with Crippen LogP contribution in [0.3, 0.4) is 0 Å². The maximum Gasteiger partial charge on any atom is 0.230 e. The maximum absolute atomic E-state index is 11.0. The number of H-pyrrole nitrogens is 1. The van der Waals surface area contributed by atoms with E-state index < -0.39 is 11.2 Å². The van der Waals surface area contributed by atoms with Crippen molar-refractivity contribution in [3.05, 3.63) is 23.2 Å². The molecule has 0 spiro atoms. The van der Waals surface area contributed by atoms with Crippen LogP contribution in [0.5, 0.6) is 0 Å². The van der Waals surface area contributed by atoms with Crippen LogP contribution >= 0.6 is 23.4 Å². The van der Waals surface area contributed by atoms with Gasteiger partial charge in [0.05, 0.1) is 5.25 Å². The molecule has 2 heterocycles. The quantitative estimate of drug-likeness (QED) is 0.722. The van der Waals surface area contributed by atoms with E-state index in [4.69, 9.17) is 17.3 Å². The third kappa shape index (κ3) is 2.30. The number of rotatable bonds is 3. The Morgan fingerprint density at radius 2 is 2.25 bits per heavy atom. The lowest BCUT2D eigenvalue weighted by Crippen LogP contribution is -2.22. The molecule has 0 aliphatic rings. The summed E-state index contributed by atoms with van der Waals surface area (Å²) in [5.74, 6) is -0.415. The number of carbonyl (C=O) groups excluding carboxylic acids is 1. The van der Waals surface area contributed by atoms with Gasteiger partial charge in [0, 0.05) is 15.9 Å². The fraction of sp³-hybridized carbons (Fsp3) is 0.167. The van der Waals surface area contributed by atoms with Crippen molar-refractivity contribution in [1.82, 2.24) is 20.2 Å². The summed E-state index contributed by atoms with van der Waals surface area (Å²) >= 11 is 7.15. The summed E-state index contributed by atoms with van der Waals surface area (Å²) in [6.45, 7) is 1.70. The second-order valence-electron chi connectivity index (χ2n) is 4.27. The van der Waals surface area contributed by atoms with Crippen molar-refractivity contribution in [2.45, 2.75) is 17.3 Å². The molecular weight excluding hydrogens is 298 g/mol. The van der Waals surface area contributed by atoms with Gasteiger partial charge in [-0.1, -0.05) is 23.4 Å². The van der Waals surface area contributed by atoms with E-state index in [1.54, 1.807) is 13.0 Å². The molecule has 0 radical (unpaired) electrons. The van der Waals surface area contributed by atoms with Crippen LogP contribution in [0.2, 0.25) is 5.02 Å². The summed E-state index contributed by atoms with van der Waals surface area (Å²) < 4.78 is 0. The summed E-state index contributed by atoms with van der Waals surface area (Å²) in [4.78, 5) is 18.5. The highest BCUT2D eigenvalue weighted by atomic mass is 35.5. The topological polar surface area (TPSA) is 97.6 Å². The molecule has 102 valence electrons. The Kier molecular flexibility index (Phi) is 3.23. The first-order chi connectivity index (χ1) is 9.54. The summed E-state index contributed by atoms with van der Waals surface area (Å²) in [7, 11) is 0. The lowest BCUT2D eigenvalue weighted by Gasteiger charge is -2.03. The highest BCUT2D eigenvalue weighted by Gasteiger charge is 2.15. The third-order valence-electron chi connectivity index (χ3n) is 2.84. The zero-order valence-corrected chi connectivity index (χ0v) is 12.0. The van der Waals surface area contributed by atoms with Gasteiger partial charge in [-0.2, -0.15) is 0 Å². The molecule has 1 atom stereocenters. The predicted molar refractivity (Wildman–Crippen MR) is 78.7 cm³/mol. The van der Waals surface area contributed by atoms with Crippen molar-refractivity contribution in [2.24, 2.45) is 5.73 Å². The van der Waals surface area contributed by atoms with Crippen molar-refractivity contribution < 1.29 is 4.79 Å². The van der Waals surface area contributed by atoms with E-state index in [0.717, 1.165) is 10.9 Å². The van der Waals surface area contributed by atoms with Crippen LogP contribution in [-0.2, 0) is 4.79 Å². The Labute approximate surface area is 123 Å². The second-order valence-corrected chi connectivity index (χ2v) is 6.01. The average Bonchev–Trinajstić information content (AvgIpc) is 2.75. The van der Waals surface area contributed by atoms with E-state index in [1.165, 1.54) is 11.8 Å². The Hall–Kier alpha value is -1.86. The fourth-order valence-electron chi connectivity index (χ4n) is 1.79. The van der Waals surface area contributed by atoms with Gasteiger partial charge < -0.3 is 10.7 Å². The smallest absolute Gasteiger partial charge is 0.230 e. The van der Waals surface area contributed by atoms with Gasteiger partial charge in [0.2, 0.25) is 11.1 Å². The number of thioether (sulfide) groups is 1. The number of aromatic nitrogens is 4. The molecule has 0 aliphatic heterocycles. The number of halogens is 1. The van der Waals surface area contributed by atoms with Crippen molar-refractivity contribution >= 4 is 51.3 Å². The average molecular weight is 308 g/mol. The minimum Gasteiger partial charge on any atom is -0.369 e. The zero-order valence-electron chi connectivity index (χ0n) is 10.4. The second kappa shape index (κ2) is 4.92. The SMILES string of the molecule is C[C@H](Sc1nnc2c(n1)[nH]c1ccc(Cl)cc12)C(N)=O. The molecule has 3 N–H and O–H groups in total. The normalized spacial score (nSPS) is 12.9. The third-order valence-corrected chi connectivity index (χ3v) is 4.04. The van der Waals surface area contributed by atoms with Gasteiger partial charge in [0.25, 0.3) is 0 Å². The first-order valence-corrected chi connectivity index (χ1v) is 7.08. The molecule has 2 aromatic heterocycles. The van der Waals surface area contributed by atoms with E-state index in [1.807, 2.05) is 12.1 Å². The van der Waals surface area contributed by atoms with Gasteiger partial charge in [0.15, 0.2) is 5.65 Å². The van der Waals surface area contributed by atoms with Crippen LogP contribution < -0.4 is 5.73 Å². The van der Waals surface area contributed by atoms with Gasteiger partial charge >= 0.3 is 0 Å². The largest absolute Gasteiger partial charge is 0.369 e. The van der Waals surface area contributed by atoms with Gasteiger partial charge in [-0.25, -0.2) is 4.98 Å². The summed E-state index contributed by atoms with van der Waals surface area (Å²) in [6.07, 6.45) is 0. The van der Waals surface area contributed by atoms with E-state index in [2.05, 4.69) is 20.2 Å². The van der Waals surface area contributed by atoms with E-state index in [0.29, 0.717) is 21.3 Å². The summed E-state index contributed by atoms with van der Waals surface area (Å²) in [6, 6.07) is 5.46. The zero-order chi connectivity index (χ0) is 14.3. The van der Waals surface area contributed by atoms with Crippen molar-refractivity contribution in [2.75, 3.05) is 0 Å². The first-order valence-electron chi connectivity index (χ1n) is 5.82. The first kappa shape index (κ1) is 13.1. The van der Waals surface area contributed by atoms with Crippen molar-refractivity contribution in [3.8, 4) is 0 Å². The van der Waals surface area contributed by atoms with Gasteiger partial charge in [0.1, 0.15) is 5.52 Å².